The Kier molecular flexibility index (Phi) is 7.65. The van der Waals surface area contributed by atoms with E-state index in [9.17, 15) is 9.59 Å². The summed E-state index contributed by atoms with van der Waals surface area (Å²) in [6.45, 7) is 12.1. The van der Waals surface area contributed by atoms with Crippen LogP contribution in [-0.4, -0.2) is 35.9 Å². The number of rotatable bonds is 7. The summed E-state index contributed by atoms with van der Waals surface area (Å²) in [5, 5.41) is 5.94. The molecule has 0 aromatic carbocycles. The van der Waals surface area contributed by atoms with Crippen molar-refractivity contribution < 1.29 is 9.59 Å². The van der Waals surface area contributed by atoms with Gasteiger partial charge in [-0.3, -0.25) is 9.59 Å². The zero-order chi connectivity index (χ0) is 17.6. The van der Waals surface area contributed by atoms with E-state index >= 15 is 0 Å². The summed E-state index contributed by atoms with van der Waals surface area (Å²) in [4.78, 5) is 24.4. The van der Waals surface area contributed by atoms with Crippen molar-refractivity contribution in [1.29, 1.82) is 0 Å². The molecule has 3 atom stereocenters. The third-order valence-corrected chi connectivity index (χ3v) is 5.76. The van der Waals surface area contributed by atoms with Gasteiger partial charge in [0.25, 0.3) is 0 Å². The summed E-state index contributed by atoms with van der Waals surface area (Å²) in [5.41, 5.74) is 0.709. The van der Waals surface area contributed by atoms with Gasteiger partial charge >= 0.3 is 0 Å². The van der Waals surface area contributed by atoms with Crippen molar-refractivity contribution in [3.63, 3.8) is 0 Å². The number of nitrogens with one attached hydrogen (secondary N) is 2. The van der Waals surface area contributed by atoms with Crippen molar-refractivity contribution >= 4 is 23.6 Å². The summed E-state index contributed by atoms with van der Waals surface area (Å²) in [6, 6.07) is -0.295. The van der Waals surface area contributed by atoms with Gasteiger partial charge in [0, 0.05) is 17.4 Å². The van der Waals surface area contributed by atoms with Crippen LogP contribution < -0.4 is 10.6 Å². The van der Waals surface area contributed by atoms with E-state index in [-0.39, 0.29) is 23.3 Å². The van der Waals surface area contributed by atoms with Crippen molar-refractivity contribution in [3.05, 3.63) is 12.2 Å². The molecule has 1 aliphatic carbocycles. The Balaban J connectivity index is 2.67. The summed E-state index contributed by atoms with van der Waals surface area (Å²) in [6.07, 6.45) is 6.33. The topological polar surface area (TPSA) is 58.2 Å². The molecule has 0 aromatic rings. The number of carbonyl (C=O) groups is 2. The molecule has 0 heterocycles. The Morgan fingerprint density at radius 2 is 2.04 bits per heavy atom. The van der Waals surface area contributed by atoms with E-state index in [0.717, 1.165) is 19.3 Å². The van der Waals surface area contributed by atoms with Gasteiger partial charge in [-0.25, -0.2) is 0 Å². The summed E-state index contributed by atoms with van der Waals surface area (Å²) < 4.78 is 0. The lowest BCUT2D eigenvalue weighted by molar-refractivity contribution is -0.127. The number of hydrogen-bond donors (Lipinski definition) is 2. The van der Waals surface area contributed by atoms with Gasteiger partial charge in [-0.2, -0.15) is 11.8 Å². The van der Waals surface area contributed by atoms with Gasteiger partial charge in [0.05, 0.1) is 0 Å². The molecule has 0 spiro atoms. The largest absolute Gasteiger partial charge is 0.352 e. The van der Waals surface area contributed by atoms with Crippen molar-refractivity contribution in [1.82, 2.24) is 10.6 Å². The first kappa shape index (κ1) is 20.1. The monoisotopic (exact) mass is 340 g/mol. The van der Waals surface area contributed by atoms with Gasteiger partial charge in [-0.1, -0.05) is 33.8 Å². The molecule has 0 radical (unpaired) electrons. The highest BCUT2D eigenvalue weighted by molar-refractivity contribution is 7.98. The standard InChI is InChI=1S/C18H32N2O2S/c1-12(2)16(21)20-15(11-23-6)17(22)19-14-8-7-9-18(5,10-14)13(3)4/h13-15H,1,7-11H2,2-6H3,(H,19,22)(H,20,21)/t14?,15-,18?/m0/s1. The molecular weight excluding hydrogens is 308 g/mol. The van der Waals surface area contributed by atoms with Crippen LogP contribution >= 0.6 is 11.8 Å². The molecule has 2 unspecified atom stereocenters. The van der Waals surface area contributed by atoms with Crippen LogP contribution in [0.5, 0.6) is 0 Å². The second-order valence-corrected chi connectivity index (χ2v) is 8.28. The van der Waals surface area contributed by atoms with Crippen molar-refractivity contribution in [2.75, 3.05) is 12.0 Å². The molecule has 1 aliphatic rings. The van der Waals surface area contributed by atoms with Crippen LogP contribution in [0.1, 0.15) is 53.4 Å². The maximum atomic E-state index is 12.6. The Hall–Kier alpha value is -0.970. The normalized spacial score (nSPS) is 25.7. The fourth-order valence-electron chi connectivity index (χ4n) is 3.10. The molecule has 0 saturated heterocycles. The molecule has 132 valence electrons. The molecule has 2 amide bonds. The molecule has 1 rings (SSSR count). The van der Waals surface area contributed by atoms with E-state index in [0.29, 0.717) is 17.2 Å². The highest BCUT2D eigenvalue weighted by Crippen LogP contribution is 2.41. The van der Waals surface area contributed by atoms with E-state index in [1.54, 1.807) is 18.7 Å². The third-order valence-electron chi connectivity index (χ3n) is 5.10. The number of hydrogen-bond acceptors (Lipinski definition) is 3. The minimum atomic E-state index is -0.499. The van der Waals surface area contributed by atoms with Gasteiger partial charge in [-0.15, -0.1) is 0 Å². The summed E-state index contributed by atoms with van der Waals surface area (Å²) >= 11 is 1.55. The quantitative estimate of drug-likeness (QED) is 0.700. The first-order valence-electron chi connectivity index (χ1n) is 8.45. The highest BCUT2D eigenvalue weighted by atomic mass is 32.2. The van der Waals surface area contributed by atoms with Gasteiger partial charge in [0.2, 0.25) is 11.8 Å². The van der Waals surface area contributed by atoms with E-state index in [1.807, 2.05) is 6.26 Å². The Morgan fingerprint density at radius 1 is 1.39 bits per heavy atom. The van der Waals surface area contributed by atoms with Crippen LogP contribution in [0.4, 0.5) is 0 Å². The molecular formula is C18H32N2O2S. The Labute approximate surface area is 145 Å². The second kappa shape index (κ2) is 8.76. The summed E-state index contributed by atoms with van der Waals surface area (Å²) in [7, 11) is 0. The average molecular weight is 341 g/mol. The zero-order valence-corrected chi connectivity index (χ0v) is 16.0. The minimum absolute atomic E-state index is 0.0769. The van der Waals surface area contributed by atoms with Crippen LogP contribution in [0, 0.1) is 11.3 Å². The predicted octanol–water partition coefficient (Wildman–Crippen LogP) is 3.13. The molecule has 1 fully saturated rings. The summed E-state index contributed by atoms with van der Waals surface area (Å²) in [5.74, 6) is 0.841. The molecule has 5 heteroatoms. The molecule has 4 nitrogen and oxygen atoms in total. The molecule has 1 saturated carbocycles. The number of amides is 2. The number of carbonyl (C=O) groups excluding carboxylic acids is 2. The molecule has 0 aromatic heterocycles. The molecule has 0 bridgehead atoms. The molecule has 23 heavy (non-hydrogen) atoms. The lowest BCUT2D eigenvalue weighted by Crippen LogP contribution is -2.52. The Bertz CT molecular complexity index is 450. The van der Waals surface area contributed by atoms with Crippen LogP contribution in [0.3, 0.4) is 0 Å². The number of thioether (sulfide) groups is 1. The van der Waals surface area contributed by atoms with Crippen molar-refractivity contribution in [2.24, 2.45) is 11.3 Å². The lowest BCUT2D eigenvalue weighted by Gasteiger charge is -2.42. The zero-order valence-electron chi connectivity index (χ0n) is 15.2. The van der Waals surface area contributed by atoms with Crippen molar-refractivity contribution in [3.8, 4) is 0 Å². The highest BCUT2D eigenvalue weighted by Gasteiger charge is 2.36. The van der Waals surface area contributed by atoms with E-state index in [4.69, 9.17) is 0 Å². The van der Waals surface area contributed by atoms with Crippen molar-refractivity contribution in [2.45, 2.75) is 65.5 Å². The van der Waals surface area contributed by atoms with E-state index in [1.165, 1.54) is 6.42 Å². The maximum Gasteiger partial charge on any atom is 0.246 e. The van der Waals surface area contributed by atoms with Crippen LogP contribution in [-0.2, 0) is 9.59 Å². The third kappa shape index (κ3) is 5.87. The van der Waals surface area contributed by atoms with Gasteiger partial charge in [0.15, 0.2) is 0 Å². The Morgan fingerprint density at radius 3 is 2.57 bits per heavy atom. The lowest BCUT2D eigenvalue weighted by atomic mass is 9.67. The fourth-order valence-corrected chi connectivity index (χ4v) is 3.67. The van der Waals surface area contributed by atoms with Crippen LogP contribution in [0.2, 0.25) is 0 Å². The fraction of sp³-hybridized carbons (Fsp3) is 0.778. The van der Waals surface area contributed by atoms with Crippen LogP contribution in [0.15, 0.2) is 12.2 Å². The molecule has 2 N–H and O–H groups in total. The van der Waals surface area contributed by atoms with E-state index in [2.05, 4.69) is 38.0 Å². The van der Waals surface area contributed by atoms with Gasteiger partial charge in [0.1, 0.15) is 6.04 Å². The van der Waals surface area contributed by atoms with Gasteiger partial charge < -0.3 is 10.6 Å². The second-order valence-electron chi connectivity index (χ2n) is 7.37. The van der Waals surface area contributed by atoms with Crippen LogP contribution in [0.25, 0.3) is 0 Å². The average Bonchev–Trinajstić information content (AvgIpc) is 2.46. The maximum absolute atomic E-state index is 12.6. The molecule has 0 aliphatic heterocycles. The minimum Gasteiger partial charge on any atom is -0.352 e. The van der Waals surface area contributed by atoms with E-state index < -0.39 is 6.04 Å². The smallest absolute Gasteiger partial charge is 0.246 e. The first-order valence-corrected chi connectivity index (χ1v) is 9.84. The van der Waals surface area contributed by atoms with Gasteiger partial charge in [-0.05, 0) is 43.8 Å². The predicted molar refractivity (Wildman–Crippen MR) is 98.5 cm³/mol. The first-order chi connectivity index (χ1) is 10.7. The SMILES string of the molecule is C=C(C)C(=O)N[C@@H](CSC)C(=O)NC1CCCC(C)(C(C)C)C1.